The number of carbonyl (C=O) groups is 2. The van der Waals surface area contributed by atoms with Crippen LogP contribution < -0.4 is 10.6 Å². The first-order valence-corrected chi connectivity index (χ1v) is 8.75. The molecule has 11 heteroatoms. The second-order valence-corrected chi connectivity index (χ2v) is 6.97. The number of aliphatic hydroxyl groups excluding tert-OH is 4. The van der Waals surface area contributed by atoms with Crippen molar-refractivity contribution in [3.63, 3.8) is 0 Å². The lowest BCUT2D eigenvalue weighted by Gasteiger charge is -2.46. The van der Waals surface area contributed by atoms with E-state index >= 15 is 0 Å². The molecule has 0 aromatic heterocycles. The van der Waals surface area contributed by atoms with Gasteiger partial charge in [0.1, 0.15) is 24.4 Å². The Balaban J connectivity index is 2.16. The molecule has 0 saturated carbocycles. The van der Waals surface area contributed by atoms with Crippen molar-refractivity contribution in [3.8, 4) is 0 Å². The van der Waals surface area contributed by atoms with E-state index in [0.29, 0.717) is 0 Å². The van der Waals surface area contributed by atoms with Crippen molar-refractivity contribution in [2.24, 2.45) is 0 Å². The predicted molar refractivity (Wildman–Crippen MR) is 89.0 cm³/mol. The molecule has 6 N–H and O–H groups in total. The van der Waals surface area contributed by atoms with Gasteiger partial charge in [0.15, 0.2) is 12.6 Å². The molecule has 0 unspecified atom stereocenters. The maximum atomic E-state index is 11.5. The molecule has 2 aliphatic rings. The summed E-state index contributed by atoms with van der Waals surface area (Å²) in [4.78, 5) is 22.7. The number of nitrogens with one attached hydrogen (secondary N) is 2. The fraction of sp³-hybridized carbons (Fsp3) is 0.875. The van der Waals surface area contributed by atoms with Crippen molar-refractivity contribution in [3.05, 3.63) is 0 Å². The third kappa shape index (κ3) is 4.93. The number of rotatable bonds is 4. The third-order valence-corrected chi connectivity index (χ3v) is 4.72. The summed E-state index contributed by atoms with van der Waals surface area (Å²) < 4.78 is 16.4. The van der Waals surface area contributed by atoms with E-state index in [2.05, 4.69) is 10.6 Å². The molecule has 2 saturated heterocycles. The van der Waals surface area contributed by atoms with E-state index < -0.39 is 73.1 Å². The number of amides is 2. The Kier molecular flexibility index (Phi) is 7.14. The number of hydrogen-bond acceptors (Lipinski definition) is 9. The molecule has 2 heterocycles. The van der Waals surface area contributed by atoms with E-state index in [1.807, 2.05) is 0 Å². The van der Waals surface area contributed by atoms with Crippen molar-refractivity contribution in [2.45, 2.75) is 89.0 Å². The van der Waals surface area contributed by atoms with Crippen molar-refractivity contribution in [1.82, 2.24) is 10.6 Å². The van der Waals surface area contributed by atoms with Crippen LogP contribution in [-0.4, -0.2) is 93.5 Å². The first kappa shape index (κ1) is 22.0. The topological polar surface area (TPSA) is 167 Å². The van der Waals surface area contributed by atoms with E-state index in [0.717, 1.165) is 0 Å². The van der Waals surface area contributed by atoms with Gasteiger partial charge in [0.05, 0.1) is 24.3 Å². The molecule has 11 nitrogen and oxygen atoms in total. The average Bonchev–Trinajstić information content (AvgIpc) is 2.56. The van der Waals surface area contributed by atoms with Crippen LogP contribution in [0.15, 0.2) is 0 Å². The van der Waals surface area contributed by atoms with Gasteiger partial charge in [-0.25, -0.2) is 0 Å². The molecule has 10 atom stereocenters. The van der Waals surface area contributed by atoms with Gasteiger partial charge in [0, 0.05) is 13.8 Å². The highest BCUT2D eigenvalue weighted by Crippen LogP contribution is 2.28. The normalized spacial score (nSPS) is 45.2. The minimum Gasteiger partial charge on any atom is -0.388 e. The van der Waals surface area contributed by atoms with Crippen LogP contribution in [0.2, 0.25) is 0 Å². The second-order valence-electron chi connectivity index (χ2n) is 6.97. The van der Waals surface area contributed by atoms with Gasteiger partial charge < -0.3 is 45.3 Å². The fourth-order valence-corrected chi connectivity index (χ4v) is 3.36. The van der Waals surface area contributed by atoms with Gasteiger partial charge in [-0.05, 0) is 13.8 Å². The number of aliphatic hydroxyl groups is 4. The third-order valence-electron chi connectivity index (χ3n) is 4.72. The van der Waals surface area contributed by atoms with Gasteiger partial charge >= 0.3 is 0 Å². The molecule has 2 rings (SSSR count). The molecule has 0 radical (unpaired) electrons. The van der Waals surface area contributed by atoms with Gasteiger partial charge in [-0.3, -0.25) is 9.59 Å². The van der Waals surface area contributed by atoms with Crippen LogP contribution in [0.4, 0.5) is 0 Å². The van der Waals surface area contributed by atoms with Crippen LogP contribution in [0.5, 0.6) is 0 Å². The minimum atomic E-state index is -1.56. The summed E-state index contributed by atoms with van der Waals surface area (Å²) in [7, 11) is 0. The zero-order valence-corrected chi connectivity index (χ0v) is 15.6. The van der Waals surface area contributed by atoms with Crippen LogP contribution >= 0.6 is 0 Å². The molecule has 0 aromatic rings. The van der Waals surface area contributed by atoms with Gasteiger partial charge in [0.2, 0.25) is 11.8 Å². The lowest BCUT2D eigenvalue weighted by atomic mass is 9.94. The summed E-state index contributed by atoms with van der Waals surface area (Å²) >= 11 is 0. The molecule has 2 fully saturated rings. The van der Waals surface area contributed by atoms with Crippen LogP contribution in [0.25, 0.3) is 0 Å². The largest absolute Gasteiger partial charge is 0.388 e. The van der Waals surface area contributed by atoms with E-state index in [9.17, 15) is 30.0 Å². The van der Waals surface area contributed by atoms with E-state index in [1.165, 1.54) is 13.8 Å². The standard InChI is InChI=1S/C16H28N2O9/c1-5-9(17-7(3)19)11(21)12(22)16(26-5)27-14-10(18-8(4)20)6(2)25-15(24)13(14)23/h5-6,9-16,21-24H,1-4H3,(H,17,19)(H,18,20)/t5-,6-,9-,10-,11+,12+,13+,14+,15+,16-/m1/s1. The number of carbonyl (C=O) groups excluding carboxylic acids is 2. The predicted octanol–water partition coefficient (Wildman–Crippen LogP) is -3.05. The van der Waals surface area contributed by atoms with Crippen LogP contribution in [0.3, 0.4) is 0 Å². The van der Waals surface area contributed by atoms with E-state index in [1.54, 1.807) is 13.8 Å². The van der Waals surface area contributed by atoms with Crippen LogP contribution in [0, 0.1) is 0 Å². The molecular formula is C16H28N2O9. The zero-order valence-electron chi connectivity index (χ0n) is 15.6. The highest BCUT2D eigenvalue weighted by atomic mass is 16.7. The molecular weight excluding hydrogens is 364 g/mol. The van der Waals surface area contributed by atoms with Crippen LogP contribution in [-0.2, 0) is 23.8 Å². The van der Waals surface area contributed by atoms with E-state index in [4.69, 9.17) is 14.2 Å². The quantitative estimate of drug-likeness (QED) is 0.291. The molecule has 0 spiro atoms. The highest BCUT2D eigenvalue weighted by molar-refractivity contribution is 5.73. The van der Waals surface area contributed by atoms with Crippen molar-refractivity contribution >= 4 is 11.8 Å². The summed E-state index contributed by atoms with van der Waals surface area (Å²) in [6, 6.07) is -1.69. The SMILES string of the molecule is CC(=O)N[C@H]1[C@H](O)[C@H](O)[C@@H](O[C@@H]2[C@H](O)[C@@H](O)O[C@H](C)[C@H]2NC(C)=O)O[C@@H]1C. The molecule has 156 valence electrons. The van der Waals surface area contributed by atoms with Crippen LogP contribution in [0.1, 0.15) is 27.7 Å². The minimum absolute atomic E-state index is 0.399. The molecule has 0 aromatic carbocycles. The summed E-state index contributed by atoms with van der Waals surface area (Å²) in [6.45, 7) is 5.70. The molecule has 27 heavy (non-hydrogen) atoms. The summed E-state index contributed by atoms with van der Waals surface area (Å²) in [5, 5.41) is 45.8. The molecule has 0 aliphatic carbocycles. The van der Waals surface area contributed by atoms with Gasteiger partial charge in [-0.15, -0.1) is 0 Å². The van der Waals surface area contributed by atoms with Gasteiger partial charge in [-0.1, -0.05) is 0 Å². The summed E-state index contributed by atoms with van der Waals surface area (Å²) in [5.41, 5.74) is 0. The Bertz CT molecular complexity index is 548. The molecule has 2 aliphatic heterocycles. The lowest BCUT2D eigenvalue weighted by molar-refractivity contribution is -0.327. The zero-order chi connectivity index (χ0) is 20.5. The van der Waals surface area contributed by atoms with Crippen molar-refractivity contribution in [2.75, 3.05) is 0 Å². The van der Waals surface area contributed by atoms with Gasteiger partial charge in [0.25, 0.3) is 0 Å². The van der Waals surface area contributed by atoms with Crippen molar-refractivity contribution in [1.29, 1.82) is 0 Å². The number of hydrogen-bond donors (Lipinski definition) is 6. The molecule has 2 amide bonds. The lowest BCUT2D eigenvalue weighted by Crippen LogP contribution is -2.67. The Labute approximate surface area is 156 Å². The van der Waals surface area contributed by atoms with Gasteiger partial charge in [-0.2, -0.15) is 0 Å². The first-order chi connectivity index (χ1) is 12.5. The monoisotopic (exact) mass is 392 g/mol. The fourth-order valence-electron chi connectivity index (χ4n) is 3.36. The van der Waals surface area contributed by atoms with Crippen molar-refractivity contribution < 1.29 is 44.2 Å². The Hall–Kier alpha value is -1.34. The second kappa shape index (κ2) is 8.78. The molecule has 0 bridgehead atoms. The Morgan fingerprint density at radius 3 is 1.89 bits per heavy atom. The highest BCUT2D eigenvalue weighted by Gasteiger charge is 2.49. The van der Waals surface area contributed by atoms with E-state index in [-0.39, 0.29) is 0 Å². The summed E-state index contributed by atoms with van der Waals surface area (Å²) in [5.74, 6) is -0.805. The Morgan fingerprint density at radius 1 is 0.815 bits per heavy atom. The number of ether oxygens (including phenoxy) is 3. The Morgan fingerprint density at radius 2 is 1.33 bits per heavy atom. The smallest absolute Gasteiger partial charge is 0.217 e. The maximum absolute atomic E-state index is 11.5. The summed E-state index contributed by atoms with van der Waals surface area (Å²) in [6.07, 6.45) is -9.99. The first-order valence-electron chi connectivity index (χ1n) is 8.75. The average molecular weight is 392 g/mol. The maximum Gasteiger partial charge on any atom is 0.217 e.